The van der Waals surface area contributed by atoms with Gasteiger partial charge < -0.3 is 10.2 Å². The Morgan fingerprint density at radius 2 is 0.694 bits per heavy atom. The normalized spacial score (nSPS) is 11.6. The van der Waals surface area contributed by atoms with E-state index >= 15 is 0 Å². The Hall–Kier alpha value is -5.08. The molecule has 0 aliphatic rings. The van der Waals surface area contributed by atoms with E-state index in [1.54, 1.807) is 12.1 Å². The van der Waals surface area contributed by atoms with Gasteiger partial charge in [0.05, 0.1) is 0 Å². The summed E-state index contributed by atoms with van der Waals surface area (Å²) in [5.74, 6) is 0.529. The number of benzene rings is 6. The fourth-order valence-electron chi connectivity index (χ4n) is 7.54. The summed E-state index contributed by atoms with van der Waals surface area (Å²) in [6.45, 7) is 21.9. The van der Waals surface area contributed by atoms with E-state index in [0.29, 0.717) is 5.75 Å². The highest BCUT2D eigenvalue weighted by Gasteiger charge is 2.37. The van der Waals surface area contributed by atoms with Crippen molar-refractivity contribution in [1.29, 1.82) is 0 Å². The smallest absolute Gasteiger partial charge is 0.132 e. The van der Waals surface area contributed by atoms with Gasteiger partial charge >= 0.3 is 0 Å². The summed E-state index contributed by atoms with van der Waals surface area (Å²) < 4.78 is 0. The van der Waals surface area contributed by atoms with E-state index in [4.69, 9.17) is 0 Å². The van der Waals surface area contributed by atoms with E-state index < -0.39 is 5.41 Å². The molecule has 0 aromatic heterocycles. The number of phenolic OH excluding ortho intramolecular Hbond substituents is 2. The molecule has 0 spiro atoms. The Kier molecular flexibility index (Phi) is 8.80. The average molecular weight is 645 g/mol. The van der Waals surface area contributed by atoms with Crippen LogP contribution in [0.2, 0.25) is 0 Å². The maximum Gasteiger partial charge on any atom is 0.132 e. The molecule has 49 heavy (non-hydrogen) atoms. The molecular formula is C47H48O2. The van der Waals surface area contributed by atoms with Gasteiger partial charge in [-0.2, -0.15) is 0 Å². The number of hydrogen-bond acceptors (Lipinski definition) is 2. The molecule has 0 atom stereocenters. The second-order valence-corrected chi connectivity index (χ2v) is 14.4. The second kappa shape index (κ2) is 12.7. The molecule has 248 valence electrons. The molecule has 0 heterocycles. The molecule has 2 nitrogen and oxygen atoms in total. The van der Waals surface area contributed by atoms with Gasteiger partial charge in [0.1, 0.15) is 11.5 Å². The first-order valence-corrected chi connectivity index (χ1v) is 17.2. The first-order valence-electron chi connectivity index (χ1n) is 17.2. The highest BCUT2D eigenvalue weighted by atomic mass is 16.3. The Balaban J connectivity index is 2.01. The van der Waals surface area contributed by atoms with Gasteiger partial charge in [-0.05, 0) is 157 Å². The van der Waals surface area contributed by atoms with Crippen molar-refractivity contribution < 1.29 is 10.2 Å². The number of hydrogen-bond donors (Lipinski definition) is 2. The van der Waals surface area contributed by atoms with Crippen LogP contribution >= 0.6 is 0 Å². The number of aromatic hydroxyl groups is 2. The van der Waals surface area contributed by atoms with Gasteiger partial charge in [-0.25, -0.2) is 0 Å². The van der Waals surface area contributed by atoms with Crippen molar-refractivity contribution in [2.75, 3.05) is 0 Å². The summed E-state index contributed by atoms with van der Waals surface area (Å²) in [6, 6.07) is 33.5. The molecule has 6 rings (SSSR count). The Bertz CT molecular complexity index is 2100. The van der Waals surface area contributed by atoms with Gasteiger partial charge in [0.15, 0.2) is 0 Å². The third kappa shape index (κ3) is 5.64. The second-order valence-electron chi connectivity index (χ2n) is 14.4. The fraction of sp³-hybridized carbons (Fsp3) is 0.234. The predicted octanol–water partition coefficient (Wildman–Crippen LogP) is 12.6. The van der Waals surface area contributed by atoms with Crippen molar-refractivity contribution in [3.8, 4) is 56.0 Å². The standard InChI is InChI=1S/C47H48O2/c1-27-15-11-19-37(31(27)5)41-43(39-21-13-17-29(3)33(39)7)46(49)44(40-22-14-18-30(4)34(40)8)42(38-20-12-16-28(2)32(38)6)45(41)47(9,10)35-23-25-36(48)26-24-35/h11-26,48-49H,1-10H3. The lowest BCUT2D eigenvalue weighted by Gasteiger charge is -2.36. The Morgan fingerprint density at radius 1 is 0.388 bits per heavy atom. The monoisotopic (exact) mass is 644 g/mol. The van der Waals surface area contributed by atoms with Crippen LogP contribution in [-0.4, -0.2) is 10.2 Å². The molecule has 0 aliphatic carbocycles. The van der Waals surface area contributed by atoms with Crippen LogP contribution in [0.5, 0.6) is 11.5 Å². The molecule has 0 amide bonds. The van der Waals surface area contributed by atoms with Crippen LogP contribution in [0.15, 0.2) is 97.1 Å². The number of aryl methyl sites for hydroxylation is 4. The summed E-state index contributed by atoms with van der Waals surface area (Å²) in [7, 11) is 0. The first kappa shape index (κ1) is 33.8. The first-order chi connectivity index (χ1) is 23.2. The summed E-state index contributed by atoms with van der Waals surface area (Å²) >= 11 is 0. The van der Waals surface area contributed by atoms with Crippen molar-refractivity contribution in [2.45, 2.75) is 74.7 Å². The maximum absolute atomic E-state index is 13.2. The quantitative estimate of drug-likeness (QED) is 0.189. The van der Waals surface area contributed by atoms with Crippen LogP contribution < -0.4 is 0 Å². The molecular weight excluding hydrogens is 597 g/mol. The van der Waals surface area contributed by atoms with Crippen molar-refractivity contribution in [3.63, 3.8) is 0 Å². The molecule has 0 radical (unpaired) electrons. The van der Waals surface area contributed by atoms with Crippen LogP contribution in [0.4, 0.5) is 0 Å². The fourth-order valence-corrected chi connectivity index (χ4v) is 7.54. The zero-order chi connectivity index (χ0) is 35.4. The van der Waals surface area contributed by atoms with E-state index in [-0.39, 0.29) is 5.75 Å². The molecule has 0 saturated heterocycles. The lowest BCUT2D eigenvalue weighted by molar-refractivity contribution is 0.474. The van der Waals surface area contributed by atoms with E-state index in [1.165, 1.54) is 33.4 Å². The summed E-state index contributed by atoms with van der Waals surface area (Å²) in [6.07, 6.45) is 0. The summed E-state index contributed by atoms with van der Waals surface area (Å²) in [5, 5.41) is 23.6. The lowest BCUT2D eigenvalue weighted by Crippen LogP contribution is -2.23. The van der Waals surface area contributed by atoms with Crippen molar-refractivity contribution in [2.24, 2.45) is 0 Å². The molecule has 0 saturated carbocycles. The average Bonchev–Trinajstić information content (AvgIpc) is 3.06. The van der Waals surface area contributed by atoms with Crippen molar-refractivity contribution in [1.82, 2.24) is 0 Å². The summed E-state index contributed by atoms with van der Waals surface area (Å²) in [5.41, 5.74) is 19.1. The molecule has 0 aliphatic heterocycles. The molecule has 6 aromatic rings. The van der Waals surface area contributed by atoms with Gasteiger partial charge in [0.2, 0.25) is 0 Å². The molecule has 2 N–H and O–H groups in total. The van der Waals surface area contributed by atoms with Crippen LogP contribution in [0.1, 0.15) is 69.5 Å². The molecule has 0 bridgehead atoms. The number of rotatable bonds is 6. The van der Waals surface area contributed by atoms with Gasteiger partial charge in [0.25, 0.3) is 0 Å². The molecule has 2 heteroatoms. The highest BCUT2D eigenvalue weighted by Crippen LogP contribution is 2.58. The zero-order valence-corrected chi connectivity index (χ0v) is 30.6. The zero-order valence-electron chi connectivity index (χ0n) is 30.6. The molecule has 0 fully saturated rings. The van der Waals surface area contributed by atoms with E-state index in [1.807, 2.05) is 12.1 Å². The van der Waals surface area contributed by atoms with Gasteiger partial charge in [-0.15, -0.1) is 0 Å². The van der Waals surface area contributed by atoms with E-state index in [0.717, 1.165) is 66.8 Å². The minimum absolute atomic E-state index is 0.238. The lowest BCUT2D eigenvalue weighted by atomic mass is 9.67. The van der Waals surface area contributed by atoms with Gasteiger partial charge in [0, 0.05) is 16.5 Å². The minimum Gasteiger partial charge on any atom is -0.508 e. The van der Waals surface area contributed by atoms with Crippen LogP contribution in [0.3, 0.4) is 0 Å². The topological polar surface area (TPSA) is 40.5 Å². The van der Waals surface area contributed by atoms with Gasteiger partial charge in [-0.1, -0.05) is 98.8 Å². The van der Waals surface area contributed by atoms with Gasteiger partial charge in [-0.3, -0.25) is 0 Å². The van der Waals surface area contributed by atoms with Crippen molar-refractivity contribution >= 4 is 0 Å². The van der Waals surface area contributed by atoms with E-state index in [2.05, 4.69) is 142 Å². The third-order valence-electron chi connectivity index (χ3n) is 11.2. The predicted molar refractivity (Wildman–Crippen MR) is 208 cm³/mol. The Labute approximate surface area is 292 Å². The van der Waals surface area contributed by atoms with Crippen LogP contribution in [0.25, 0.3) is 44.5 Å². The van der Waals surface area contributed by atoms with Crippen LogP contribution in [-0.2, 0) is 5.41 Å². The van der Waals surface area contributed by atoms with Crippen molar-refractivity contribution in [3.05, 3.63) is 153 Å². The third-order valence-corrected chi connectivity index (χ3v) is 11.2. The highest BCUT2D eigenvalue weighted by molar-refractivity contribution is 6.06. The largest absolute Gasteiger partial charge is 0.508 e. The SMILES string of the molecule is Cc1cccc(-c2c(O)c(-c3cccc(C)c3C)c(-c3cccc(C)c3C)c(C(C)(C)c3ccc(O)cc3)c2-c2cccc(C)c2C)c1C. The van der Waals surface area contributed by atoms with Crippen LogP contribution in [0, 0.1) is 55.4 Å². The molecule has 0 unspecified atom stereocenters. The van der Waals surface area contributed by atoms with E-state index in [9.17, 15) is 10.2 Å². The maximum atomic E-state index is 13.2. The Morgan fingerprint density at radius 3 is 1.02 bits per heavy atom. The number of phenols is 2. The summed E-state index contributed by atoms with van der Waals surface area (Å²) in [4.78, 5) is 0. The molecule has 6 aromatic carbocycles. The minimum atomic E-state index is -0.572.